The van der Waals surface area contributed by atoms with E-state index in [2.05, 4.69) is 26.2 Å². The van der Waals surface area contributed by atoms with E-state index in [0.717, 1.165) is 33.8 Å². The molecule has 1 heterocycles. The average molecular weight is 325 g/mol. The summed E-state index contributed by atoms with van der Waals surface area (Å²) in [5.41, 5.74) is 2.03. The van der Waals surface area contributed by atoms with E-state index in [4.69, 9.17) is 5.11 Å². The largest absolute Gasteiger partial charge is 0.396 e. The summed E-state index contributed by atoms with van der Waals surface area (Å²) in [6.07, 6.45) is 3.78. The number of amides is 1. The number of aromatic amines is 1. The number of aliphatic hydroxyl groups is 1. The molecule has 0 bridgehead atoms. The van der Waals surface area contributed by atoms with Crippen molar-refractivity contribution in [1.29, 1.82) is 0 Å². The van der Waals surface area contributed by atoms with Crippen molar-refractivity contribution < 1.29 is 9.90 Å². The van der Waals surface area contributed by atoms with E-state index < -0.39 is 0 Å². The predicted molar refractivity (Wildman–Crippen MR) is 79.0 cm³/mol. The summed E-state index contributed by atoms with van der Waals surface area (Å²) in [6.45, 7) is 0.789. The maximum Gasteiger partial charge on any atom is 0.224 e. The molecule has 5 heteroatoms. The molecule has 0 atom stereocenters. The number of nitrogens with one attached hydrogen (secondary N) is 2. The molecule has 102 valence electrons. The lowest BCUT2D eigenvalue weighted by Gasteiger charge is -2.04. The van der Waals surface area contributed by atoms with Crippen LogP contribution in [0.3, 0.4) is 0 Å². The van der Waals surface area contributed by atoms with Crippen molar-refractivity contribution in [2.24, 2.45) is 0 Å². The number of hydrogen-bond donors (Lipinski definition) is 3. The van der Waals surface area contributed by atoms with Gasteiger partial charge >= 0.3 is 0 Å². The van der Waals surface area contributed by atoms with Gasteiger partial charge in [-0.3, -0.25) is 4.79 Å². The van der Waals surface area contributed by atoms with Crippen molar-refractivity contribution in [3.05, 3.63) is 34.4 Å². The Labute approximate surface area is 120 Å². The minimum atomic E-state index is 0.0128. The fraction of sp³-hybridized carbons (Fsp3) is 0.357. The van der Waals surface area contributed by atoms with Gasteiger partial charge in [0.25, 0.3) is 0 Å². The number of benzene rings is 1. The summed E-state index contributed by atoms with van der Waals surface area (Å²) < 4.78 is 1.00. The lowest BCUT2D eigenvalue weighted by Crippen LogP contribution is -2.26. The first-order valence-corrected chi connectivity index (χ1v) is 7.13. The zero-order valence-electron chi connectivity index (χ0n) is 10.6. The third-order valence-electron chi connectivity index (χ3n) is 2.99. The minimum absolute atomic E-state index is 0.0128. The molecule has 2 rings (SSSR count). The molecule has 0 spiro atoms. The molecule has 1 aromatic carbocycles. The zero-order chi connectivity index (χ0) is 13.7. The number of aliphatic hydroxyl groups excluding tert-OH is 1. The Hall–Kier alpha value is -1.33. The van der Waals surface area contributed by atoms with E-state index >= 15 is 0 Å². The third-order valence-corrected chi connectivity index (χ3v) is 3.48. The number of hydrogen-bond acceptors (Lipinski definition) is 2. The minimum Gasteiger partial charge on any atom is -0.396 e. The van der Waals surface area contributed by atoms with Crippen molar-refractivity contribution in [2.75, 3.05) is 13.2 Å². The van der Waals surface area contributed by atoms with Crippen LogP contribution in [-0.4, -0.2) is 29.1 Å². The Morgan fingerprint density at radius 2 is 2.21 bits per heavy atom. The Morgan fingerprint density at radius 1 is 1.37 bits per heavy atom. The topological polar surface area (TPSA) is 65.1 Å². The molecule has 1 aromatic heterocycles. The summed E-state index contributed by atoms with van der Waals surface area (Å²) in [4.78, 5) is 15.0. The summed E-state index contributed by atoms with van der Waals surface area (Å²) in [7, 11) is 0. The van der Waals surface area contributed by atoms with Crippen LogP contribution in [0, 0.1) is 0 Å². The molecule has 0 fully saturated rings. The van der Waals surface area contributed by atoms with Crippen molar-refractivity contribution in [3.8, 4) is 0 Å². The Kier molecular flexibility index (Phi) is 4.99. The van der Waals surface area contributed by atoms with Crippen LogP contribution in [0.15, 0.2) is 28.9 Å². The highest BCUT2D eigenvalue weighted by Gasteiger charge is 2.08. The molecule has 2 aromatic rings. The third kappa shape index (κ3) is 3.81. The van der Waals surface area contributed by atoms with E-state index in [1.807, 2.05) is 24.4 Å². The first-order valence-electron chi connectivity index (χ1n) is 6.34. The summed E-state index contributed by atoms with van der Waals surface area (Å²) >= 11 is 3.44. The Bertz CT molecular complexity index is 566. The lowest BCUT2D eigenvalue weighted by molar-refractivity contribution is -0.120. The molecule has 0 aliphatic rings. The number of unbranched alkanes of at least 4 members (excludes halogenated alkanes) is 1. The van der Waals surface area contributed by atoms with Gasteiger partial charge in [0.2, 0.25) is 5.91 Å². The molecule has 0 aliphatic carbocycles. The fourth-order valence-corrected chi connectivity index (χ4v) is 2.36. The molecule has 0 unspecified atom stereocenters. The predicted octanol–water partition coefficient (Wildman–Crippen LogP) is 2.36. The van der Waals surface area contributed by atoms with Crippen LogP contribution in [0.25, 0.3) is 10.9 Å². The summed E-state index contributed by atoms with van der Waals surface area (Å²) in [6, 6.07) is 5.97. The SMILES string of the molecule is O=C(Cc1c[nH]c2ccc(Br)cc12)NCCCCO. The molecule has 19 heavy (non-hydrogen) atoms. The monoisotopic (exact) mass is 324 g/mol. The number of H-pyrrole nitrogens is 1. The molecule has 0 saturated carbocycles. The molecule has 1 amide bonds. The van der Waals surface area contributed by atoms with Gasteiger partial charge in [0.05, 0.1) is 6.42 Å². The van der Waals surface area contributed by atoms with E-state index in [1.54, 1.807) is 0 Å². The van der Waals surface area contributed by atoms with Crippen LogP contribution in [0.4, 0.5) is 0 Å². The number of carbonyl (C=O) groups excluding carboxylic acids is 1. The molecule has 0 radical (unpaired) electrons. The van der Waals surface area contributed by atoms with E-state index in [0.29, 0.717) is 13.0 Å². The van der Waals surface area contributed by atoms with Crippen molar-refractivity contribution in [2.45, 2.75) is 19.3 Å². The molecular formula is C14H17BrN2O2. The summed E-state index contributed by atoms with van der Waals surface area (Å²) in [5, 5.41) is 12.6. The second-order valence-corrected chi connectivity index (χ2v) is 5.38. The highest BCUT2D eigenvalue weighted by atomic mass is 79.9. The number of rotatable bonds is 6. The zero-order valence-corrected chi connectivity index (χ0v) is 12.2. The van der Waals surface area contributed by atoms with Crippen LogP contribution in [0.1, 0.15) is 18.4 Å². The van der Waals surface area contributed by atoms with Crippen molar-refractivity contribution in [1.82, 2.24) is 10.3 Å². The highest BCUT2D eigenvalue weighted by molar-refractivity contribution is 9.10. The maximum absolute atomic E-state index is 11.8. The van der Waals surface area contributed by atoms with Gasteiger partial charge in [-0.2, -0.15) is 0 Å². The van der Waals surface area contributed by atoms with Gasteiger partial charge in [-0.25, -0.2) is 0 Å². The molecular weight excluding hydrogens is 308 g/mol. The number of fused-ring (bicyclic) bond motifs is 1. The Morgan fingerprint density at radius 3 is 3.00 bits per heavy atom. The number of carbonyl (C=O) groups is 1. The number of aromatic nitrogens is 1. The van der Waals surface area contributed by atoms with Crippen LogP contribution in [0.2, 0.25) is 0 Å². The quantitative estimate of drug-likeness (QED) is 0.714. The van der Waals surface area contributed by atoms with Crippen LogP contribution >= 0.6 is 15.9 Å². The van der Waals surface area contributed by atoms with E-state index in [-0.39, 0.29) is 12.5 Å². The van der Waals surface area contributed by atoms with Gasteiger partial charge in [-0.15, -0.1) is 0 Å². The smallest absolute Gasteiger partial charge is 0.224 e. The molecule has 0 saturated heterocycles. The second-order valence-electron chi connectivity index (χ2n) is 4.46. The number of halogens is 1. The highest BCUT2D eigenvalue weighted by Crippen LogP contribution is 2.22. The Balaban J connectivity index is 1.97. The molecule has 4 nitrogen and oxygen atoms in total. The van der Waals surface area contributed by atoms with Gasteiger partial charge in [-0.05, 0) is 36.6 Å². The second kappa shape index (κ2) is 6.73. The normalized spacial score (nSPS) is 10.8. The van der Waals surface area contributed by atoms with Crippen LogP contribution < -0.4 is 5.32 Å². The van der Waals surface area contributed by atoms with Crippen molar-refractivity contribution >= 4 is 32.7 Å². The molecule has 3 N–H and O–H groups in total. The fourth-order valence-electron chi connectivity index (χ4n) is 2.00. The van der Waals surface area contributed by atoms with E-state index in [1.165, 1.54) is 0 Å². The average Bonchev–Trinajstić information content (AvgIpc) is 2.77. The summed E-state index contributed by atoms with van der Waals surface area (Å²) in [5.74, 6) is 0.0128. The maximum atomic E-state index is 11.8. The van der Waals surface area contributed by atoms with Crippen LogP contribution in [0.5, 0.6) is 0 Å². The van der Waals surface area contributed by atoms with Gasteiger partial charge in [0.1, 0.15) is 0 Å². The van der Waals surface area contributed by atoms with Crippen LogP contribution in [-0.2, 0) is 11.2 Å². The first kappa shape index (κ1) is 14.1. The van der Waals surface area contributed by atoms with Gasteiger partial charge in [-0.1, -0.05) is 15.9 Å². The van der Waals surface area contributed by atoms with Gasteiger partial charge < -0.3 is 15.4 Å². The standard InChI is InChI=1S/C14H17BrN2O2/c15-11-3-4-13-12(8-11)10(9-17-13)7-14(19)16-5-1-2-6-18/h3-4,8-9,17-18H,1-2,5-7H2,(H,16,19). The first-order chi connectivity index (χ1) is 9.20. The van der Waals surface area contributed by atoms with Gasteiger partial charge in [0, 0.05) is 34.7 Å². The molecule has 0 aliphatic heterocycles. The van der Waals surface area contributed by atoms with E-state index in [9.17, 15) is 4.79 Å². The lowest BCUT2D eigenvalue weighted by atomic mass is 10.1. The van der Waals surface area contributed by atoms with Gasteiger partial charge in [0.15, 0.2) is 0 Å². The van der Waals surface area contributed by atoms with Crippen molar-refractivity contribution in [3.63, 3.8) is 0 Å².